The second-order valence-electron chi connectivity index (χ2n) is 7.04. The molecule has 156 valence electrons. The van der Waals surface area contributed by atoms with Crippen LogP contribution in [-0.2, 0) is 4.79 Å². The SMILES string of the molecule is CC(=O)NCCC1=c2ccccc2=NC1=Cc1c(O)n(-c2ccccc2)c(=O)[nH]c1=O. The number of carbonyl (C=O) groups excluding carboxylic acids is 1. The summed E-state index contributed by atoms with van der Waals surface area (Å²) in [6, 6.07) is 16.0. The van der Waals surface area contributed by atoms with Gasteiger partial charge in [-0.15, -0.1) is 0 Å². The van der Waals surface area contributed by atoms with Gasteiger partial charge in [-0.3, -0.25) is 14.6 Å². The van der Waals surface area contributed by atoms with E-state index in [0.29, 0.717) is 24.4 Å². The zero-order valence-electron chi connectivity index (χ0n) is 16.8. The summed E-state index contributed by atoms with van der Waals surface area (Å²) in [5.41, 5.74) is 0.215. The number of nitrogens with zero attached hydrogens (tertiary/aromatic N) is 2. The molecule has 0 bridgehead atoms. The number of carbonyl (C=O) groups is 1. The van der Waals surface area contributed by atoms with Crippen molar-refractivity contribution < 1.29 is 9.90 Å². The van der Waals surface area contributed by atoms with Gasteiger partial charge >= 0.3 is 5.69 Å². The van der Waals surface area contributed by atoms with Crippen molar-refractivity contribution in [3.8, 4) is 11.6 Å². The van der Waals surface area contributed by atoms with Gasteiger partial charge in [0.05, 0.1) is 16.7 Å². The van der Waals surface area contributed by atoms with E-state index in [1.165, 1.54) is 13.0 Å². The van der Waals surface area contributed by atoms with Crippen molar-refractivity contribution in [1.82, 2.24) is 14.9 Å². The Kier molecular flexibility index (Phi) is 5.36. The number of rotatable bonds is 5. The lowest BCUT2D eigenvalue weighted by atomic mass is 10.1. The van der Waals surface area contributed by atoms with Gasteiger partial charge in [0.2, 0.25) is 11.8 Å². The van der Waals surface area contributed by atoms with Crippen LogP contribution in [0.5, 0.6) is 5.88 Å². The molecule has 0 unspecified atom stereocenters. The monoisotopic (exact) mass is 416 g/mol. The Hall–Kier alpha value is -4.20. The summed E-state index contributed by atoms with van der Waals surface area (Å²) in [7, 11) is 0. The molecule has 4 rings (SSSR count). The predicted octanol–water partition coefficient (Wildman–Crippen LogP) is 0.583. The van der Waals surface area contributed by atoms with Crippen LogP contribution in [0.4, 0.5) is 0 Å². The van der Waals surface area contributed by atoms with Crippen LogP contribution in [-0.4, -0.2) is 27.1 Å². The third-order valence-corrected chi connectivity index (χ3v) is 4.94. The van der Waals surface area contributed by atoms with Gasteiger partial charge < -0.3 is 10.4 Å². The Morgan fingerprint density at radius 3 is 2.58 bits per heavy atom. The van der Waals surface area contributed by atoms with E-state index in [2.05, 4.69) is 15.3 Å². The molecule has 2 heterocycles. The fraction of sp³-hybridized carbons (Fsp3) is 0.130. The molecule has 8 nitrogen and oxygen atoms in total. The maximum Gasteiger partial charge on any atom is 0.335 e. The maximum absolute atomic E-state index is 12.5. The van der Waals surface area contributed by atoms with E-state index in [1.54, 1.807) is 30.3 Å². The van der Waals surface area contributed by atoms with E-state index in [4.69, 9.17) is 0 Å². The van der Waals surface area contributed by atoms with Crippen LogP contribution in [0.25, 0.3) is 17.3 Å². The number of benzene rings is 2. The molecule has 0 aliphatic carbocycles. The number of amides is 1. The fourth-order valence-electron chi connectivity index (χ4n) is 3.53. The van der Waals surface area contributed by atoms with Crippen molar-refractivity contribution in [1.29, 1.82) is 0 Å². The van der Waals surface area contributed by atoms with E-state index in [1.807, 2.05) is 24.3 Å². The van der Waals surface area contributed by atoms with Gasteiger partial charge in [0.1, 0.15) is 5.56 Å². The molecule has 0 atom stereocenters. The molecule has 0 saturated heterocycles. The summed E-state index contributed by atoms with van der Waals surface area (Å²) < 4.78 is 1.03. The number of hydrogen-bond acceptors (Lipinski definition) is 5. The topological polar surface area (TPSA) is 117 Å². The number of hydrogen-bond donors (Lipinski definition) is 3. The molecule has 2 aromatic carbocycles. The zero-order chi connectivity index (χ0) is 22.0. The minimum atomic E-state index is -0.739. The molecule has 0 radical (unpaired) electrons. The van der Waals surface area contributed by atoms with Crippen LogP contribution >= 0.6 is 0 Å². The number of aromatic amines is 1. The van der Waals surface area contributed by atoms with Crippen molar-refractivity contribution in [2.24, 2.45) is 4.99 Å². The summed E-state index contributed by atoms with van der Waals surface area (Å²) in [5, 5.41) is 15.2. The average Bonchev–Trinajstić information content (AvgIpc) is 3.09. The summed E-state index contributed by atoms with van der Waals surface area (Å²) in [6.45, 7) is 1.84. The van der Waals surface area contributed by atoms with E-state index in [0.717, 1.165) is 20.7 Å². The van der Waals surface area contributed by atoms with Crippen molar-refractivity contribution in [2.45, 2.75) is 13.3 Å². The molecule has 0 fully saturated rings. The van der Waals surface area contributed by atoms with Crippen LogP contribution in [0.15, 0.2) is 74.9 Å². The Morgan fingerprint density at radius 2 is 1.84 bits per heavy atom. The number of para-hydroxylation sites is 2. The lowest BCUT2D eigenvalue weighted by Gasteiger charge is -2.10. The van der Waals surface area contributed by atoms with E-state index >= 15 is 0 Å². The van der Waals surface area contributed by atoms with Crippen molar-refractivity contribution in [3.05, 3.63) is 97.3 Å². The molecule has 8 heteroatoms. The molecule has 0 spiro atoms. The summed E-state index contributed by atoms with van der Waals surface area (Å²) in [6.07, 6.45) is 1.96. The number of fused-ring (bicyclic) bond motifs is 1. The van der Waals surface area contributed by atoms with Crippen LogP contribution in [0.3, 0.4) is 0 Å². The van der Waals surface area contributed by atoms with Crippen LogP contribution < -0.4 is 27.1 Å². The second kappa shape index (κ2) is 8.27. The second-order valence-corrected chi connectivity index (χ2v) is 7.04. The molecule has 1 aliphatic heterocycles. The zero-order valence-corrected chi connectivity index (χ0v) is 16.8. The summed E-state index contributed by atoms with van der Waals surface area (Å²) in [4.78, 5) is 43.0. The van der Waals surface area contributed by atoms with Gasteiger partial charge in [-0.25, -0.2) is 14.4 Å². The van der Waals surface area contributed by atoms with Gasteiger partial charge in [-0.1, -0.05) is 36.4 Å². The highest BCUT2D eigenvalue weighted by molar-refractivity contribution is 5.77. The molecular weight excluding hydrogens is 396 g/mol. The predicted molar refractivity (Wildman–Crippen MR) is 116 cm³/mol. The number of H-pyrrole nitrogens is 1. The smallest absolute Gasteiger partial charge is 0.335 e. The van der Waals surface area contributed by atoms with Crippen molar-refractivity contribution >= 4 is 17.6 Å². The maximum atomic E-state index is 12.5. The molecule has 3 aromatic rings. The Labute approximate surface area is 176 Å². The quantitative estimate of drug-likeness (QED) is 0.564. The fourth-order valence-corrected chi connectivity index (χ4v) is 3.53. The van der Waals surface area contributed by atoms with E-state index < -0.39 is 17.1 Å². The number of aromatic nitrogens is 2. The standard InChI is InChI=1S/C23H20N4O4/c1-14(28)24-12-11-17-16-9-5-6-10-19(16)25-20(17)13-18-21(29)26-23(31)27(22(18)30)15-7-3-2-4-8-15/h2-10,13,30H,11-12H2,1H3,(H,24,28)(H,26,29,31). The highest BCUT2D eigenvalue weighted by Gasteiger charge is 2.18. The lowest BCUT2D eigenvalue weighted by Crippen LogP contribution is -2.30. The minimum Gasteiger partial charge on any atom is -0.494 e. The molecule has 3 N–H and O–H groups in total. The number of allylic oxidation sites excluding steroid dienone is 1. The minimum absolute atomic E-state index is 0.0768. The van der Waals surface area contributed by atoms with Gasteiger partial charge in [0.25, 0.3) is 5.56 Å². The van der Waals surface area contributed by atoms with Crippen molar-refractivity contribution in [2.75, 3.05) is 6.54 Å². The van der Waals surface area contributed by atoms with E-state index in [-0.39, 0.29) is 11.5 Å². The van der Waals surface area contributed by atoms with Gasteiger partial charge in [0.15, 0.2) is 0 Å². The Balaban J connectivity index is 1.86. The molecule has 0 saturated carbocycles. The van der Waals surface area contributed by atoms with Gasteiger partial charge in [-0.05, 0) is 36.3 Å². The molecule has 1 aliphatic rings. The Morgan fingerprint density at radius 1 is 1.13 bits per heavy atom. The summed E-state index contributed by atoms with van der Waals surface area (Å²) >= 11 is 0. The number of aromatic hydroxyl groups is 1. The van der Waals surface area contributed by atoms with Crippen LogP contribution in [0.1, 0.15) is 18.9 Å². The molecule has 31 heavy (non-hydrogen) atoms. The first-order valence-corrected chi connectivity index (χ1v) is 9.73. The van der Waals surface area contributed by atoms with Crippen LogP contribution in [0, 0.1) is 0 Å². The largest absolute Gasteiger partial charge is 0.494 e. The molecule has 1 amide bonds. The third kappa shape index (κ3) is 3.95. The first-order chi connectivity index (χ1) is 15.0. The van der Waals surface area contributed by atoms with Gasteiger partial charge in [-0.2, -0.15) is 0 Å². The number of nitrogens with one attached hydrogen (secondary N) is 2. The Bertz CT molecular complexity index is 1430. The highest BCUT2D eigenvalue weighted by atomic mass is 16.3. The summed E-state index contributed by atoms with van der Waals surface area (Å²) in [5.74, 6) is -0.613. The lowest BCUT2D eigenvalue weighted by molar-refractivity contribution is -0.118. The van der Waals surface area contributed by atoms with Gasteiger partial charge in [0, 0.05) is 18.7 Å². The average molecular weight is 416 g/mol. The highest BCUT2D eigenvalue weighted by Crippen LogP contribution is 2.24. The normalized spacial score (nSPS) is 13.7. The van der Waals surface area contributed by atoms with Crippen LogP contribution in [0.2, 0.25) is 0 Å². The first kappa shape index (κ1) is 20.1. The molecule has 1 aromatic heterocycles. The van der Waals surface area contributed by atoms with E-state index in [9.17, 15) is 19.5 Å². The third-order valence-electron chi connectivity index (χ3n) is 4.94. The van der Waals surface area contributed by atoms with Crippen molar-refractivity contribution in [3.63, 3.8) is 0 Å². The first-order valence-electron chi connectivity index (χ1n) is 9.73. The molecular formula is C23H20N4O4.